The van der Waals surface area contributed by atoms with Crippen molar-refractivity contribution in [1.29, 1.82) is 0 Å². The van der Waals surface area contributed by atoms with Gasteiger partial charge in [-0.15, -0.1) is 23.7 Å². The Hall–Kier alpha value is -1.73. The van der Waals surface area contributed by atoms with Crippen LogP contribution in [-0.2, 0) is 0 Å². The number of pyridine rings is 1. The Bertz CT molecular complexity index is 698. The Morgan fingerprint density at radius 1 is 0.462 bits per heavy atom. The molecule has 0 amide bonds. The zero-order valence-corrected chi connectivity index (χ0v) is 26.2. The summed E-state index contributed by atoms with van der Waals surface area (Å²) in [5, 5.41) is 0. The van der Waals surface area contributed by atoms with Crippen LogP contribution in [-0.4, -0.2) is 4.98 Å². The summed E-state index contributed by atoms with van der Waals surface area (Å²) in [5.74, 6) is 14.2. The van der Waals surface area contributed by atoms with Crippen molar-refractivity contribution in [3.8, 4) is 23.7 Å². The fourth-order valence-corrected chi connectivity index (χ4v) is 5.37. The highest BCUT2D eigenvalue weighted by atomic mass is 14.6. The van der Waals surface area contributed by atoms with E-state index >= 15 is 0 Å². The van der Waals surface area contributed by atoms with Crippen molar-refractivity contribution in [2.45, 2.75) is 187 Å². The first-order chi connectivity index (χ1) is 19.4. The maximum Gasteiger partial charge on any atom is 0.0270 e. The van der Waals surface area contributed by atoms with Gasteiger partial charge in [0.05, 0.1) is 0 Å². The number of nitrogens with zero attached hydrogens (tertiary/aromatic N) is 1. The van der Waals surface area contributed by atoms with Gasteiger partial charge < -0.3 is 0 Å². The fourth-order valence-electron chi connectivity index (χ4n) is 5.37. The van der Waals surface area contributed by atoms with Crippen molar-refractivity contribution < 1.29 is 0 Å². The molecule has 0 aliphatic rings. The van der Waals surface area contributed by atoms with Crippen LogP contribution in [0.2, 0.25) is 0 Å². The smallest absolute Gasteiger partial charge is 0.0270 e. The third-order valence-electron chi connectivity index (χ3n) is 7.95. The molecule has 0 atom stereocenters. The first kappa shape index (κ1) is 35.3. The Kier molecular flexibility index (Phi) is 26.5. The van der Waals surface area contributed by atoms with Gasteiger partial charge in [-0.1, -0.05) is 117 Å². The quantitative estimate of drug-likeness (QED) is 0.0899. The van der Waals surface area contributed by atoms with Gasteiger partial charge in [-0.3, -0.25) is 4.98 Å². The molecule has 0 saturated heterocycles. The van der Waals surface area contributed by atoms with E-state index < -0.39 is 0 Å². The Balaban J connectivity index is 2.06. The second kappa shape index (κ2) is 29.3. The first-order valence-electron chi connectivity index (χ1n) is 17.2. The summed E-state index contributed by atoms with van der Waals surface area (Å²) in [4.78, 5) is 4.26. The van der Waals surface area contributed by atoms with Crippen molar-refractivity contribution in [3.63, 3.8) is 0 Å². The van der Waals surface area contributed by atoms with E-state index in [1.54, 1.807) is 0 Å². The molecule has 1 nitrogen and oxygen atoms in total. The highest BCUT2D eigenvalue weighted by Gasteiger charge is 2.11. The van der Waals surface area contributed by atoms with Crippen LogP contribution in [0.1, 0.15) is 192 Å². The van der Waals surface area contributed by atoms with Crippen LogP contribution in [0.25, 0.3) is 0 Å². The highest BCUT2D eigenvalue weighted by molar-refractivity contribution is 5.15. The van der Waals surface area contributed by atoms with E-state index in [-0.39, 0.29) is 0 Å². The molecule has 0 radical (unpaired) electrons. The van der Waals surface area contributed by atoms with Gasteiger partial charge in [-0.05, 0) is 62.1 Å². The van der Waals surface area contributed by atoms with E-state index in [1.165, 1.54) is 147 Å². The van der Waals surface area contributed by atoms with Crippen molar-refractivity contribution >= 4 is 0 Å². The molecular formula is C38H63N. The maximum atomic E-state index is 4.26. The second-order valence-corrected chi connectivity index (χ2v) is 11.6. The third-order valence-corrected chi connectivity index (χ3v) is 7.95. The summed E-state index contributed by atoms with van der Waals surface area (Å²) in [5.41, 5.74) is 1.51. The van der Waals surface area contributed by atoms with Gasteiger partial charge in [0.2, 0.25) is 0 Å². The maximum absolute atomic E-state index is 4.26. The molecule has 0 aromatic carbocycles. The van der Waals surface area contributed by atoms with E-state index in [1.807, 2.05) is 12.4 Å². The van der Waals surface area contributed by atoms with Gasteiger partial charge in [0, 0.05) is 38.1 Å². The molecule has 0 bridgehead atoms. The topological polar surface area (TPSA) is 12.9 Å². The van der Waals surface area contributed by atoms with Crippen LogP contribution in [0, 0.1) is 23.7 Å². The van der Waals surface area contributed by atoms with Crippen LogP contribution in [0.15, 0.2) is 24.5 Å². The lowest BCUT2D eigenvalue weighted by Gasteiger charge is -2.17. The van der Waals surface area contributed by atoms with Gasteiger partial charge in [-0.25, -0.2) is 0 Å². The molecule has 39 heavy (non-hydrogen) atoms. The van der Waals surface area contributed by atoms with Gasteiger partial charge >= 0.3 is 0 Å². The van der Waals surface area contributed by atoms with Crippen molar-refractivity contribution in [2.75, 3.05) is 0 Å². The van der Waals surface area contributed by atoms with Crippen LogP contribution in [0.4, 0.5) is 0 Å². The minimum Gasteiger partial charge on any atom is -0.265 e. The van der Waals surface area contributed by atoms with Crippen molar-refractivity contribution in [1.82, 2.24) is 4.98 Å². The van der Waals surface area contributed by atoms with Gasteiger partial charge in [0.25, 0.3) is 0 Å². The normalized spacial score (nSPS) is 10.7. The molecule has 0 spiro atoms. The Labute approximate surface area is 245 Å². The van der Waals surface area contributed by atoms with Crippen LogP contribution in [0.5, 0.6) is 0 Å². The molecule has 1 aromatic heterocycles. The monoisotopic (exact) mass is 533 g/mol. The minimum absolute atomic E-state index is 0.716. The average molecular weight is 534 g/mol. The fraction of sp³-hybridized carbons (Fsp3) is 0.763. The van der Waals surface area contributed by atoms with Gasteiger partial charge in [0.15, 0.2) is 0 Å². The molecule has 0 unspecified atom stereocenters. The van der Waals surface area contributed by atoms with Gasteiger partial charge in [-0.2, -0.15) is 0 Å². The summed E-state index contributed by atoms with van der Waals surface area (Å²) in [6, 6.07) is 4.50. The van der Waals surface area contributed by atoms with E-state index in [2.05, 4.69) is 54.6 Å². The van der Waals surface area contributed by atoms with Crippen molar-refractivity contribution in [2.24, 2.45) is 0 Å². The van der Waals surface area contributed by atoms with Gasteiger partial charge in [0.1, 0.15) is 0 Å². The summed E-state index contributed by atoms with van der Waals surface area (Å²) in [6.45, 7) is 4.54. The van der Waals surface area contributed by atoms with E-state index in [9.17, 15) is 0 Å². The number of hydrogen-bond donors (Lipinski definition) is 0. The lowest BCUT2D eigenvalue weighted by Crippen LogP contribution is -2.00. The average Bonchev–Trinajstić information content (AvgIpc) is 2.96. The molecule has 0 aliphatic carbocycles. The molecule has 1 heteroatoms. The number of hydrogen-bond acceptors (Lipinski definition) is 1. The van der Waals surface area contributed by atoms with E-state index in [0.29, 0.717) is 5.92 Å². The molecule has 0 fully saturated rings. The lowest BCUT2D eigenvalue weighted by molar-refractivity contribution is 0.485. The lowest BCUT2D eigenvalue weighted by atomic mass is 9.88. The summed E-state index contributed by atoms with van der Waals surface area (Å²) >= 11 is 0. The van der Waals surface area contributed by atoms with Crippen LogP contribution < -0.4 is 0 Å². The van der Waals surface area contributed by atoms with Crippen LogP contribution in [0.3, 0.4) is 0 Å². The molecule has 0 aliphatic heterocycles. The first-order valence-corrected chi connectivity index (χ1v) is 17.2. The molecule has 220 valence electrons. The second-order valence-electron chi connectivity index (χ2n) is 11.6. The summed E-state index contributed by atoms with van der Waals surface area (Å²) in [7, 11) is 0. The largest absolute Gasteiger partial charge is 0.265 e. The summed E-state index contributed by atoms with van der Waals surface area (Å²) in [6.07, 6.45) is 38.0. The minimum atomic E-state index is 0.716. The SMILES string of the molecule is CCCCCCC#CCCCCCCCCC(CCCCCCCCC#CCCCCCC)c1ccncc1. The summed E-state index contributed by atoms with van der Waals surface area (Å²) < 4.78 is 0. The Morgan fingerprint density at radius 2 is 0.795 bits per heavy atom. The third kappa shape index (κ3) is 23.8. The van der Waals surface area contributed by atoms with Crippen LogP contribution >= 0.6 is 0 Å². The molecule has 1 aromatic rings. The molecule has 1 rings (SSSR count). The zero-order chi connectivity index (χ0) is 27.9. The molecule has 0 N–H and O–H groups in total. The molecular weight excluding hydrogens is 470 g/mol. The number of aromatic nitrogens is 1. The highest BCUT2D eigenvalue weighted by Crippen LogP contribution is 2.28. The molecule has 0 saturated carbocycles. The standard InChI is InChI=1S/C38H63N/c1-3-5-7-9-11-13-15-17-19-21-23-25-27-29-31-37(38-33-35-39-36-34-38)32-30-28-26-24-22-20-18-16-14-12-10-8-6-4-2/h33-37H,3-12,17-32H2,1-2H3. The predicted octanol–water partition coefficient (Wildman–Crippen LogP) is 12.4. The van der Waals surface area contributed by atoms with E-state index in [0.717, 1.165) is 25.7 Å². The Morgan fingerprint density at radius 3 is 1.18 bits per heavy atom. The molecule has 1 heterocycles. The zero-order valence-electron chi connectivity index (χ0n) is 26.2. The van der Waals surface area contributed by atoms with Crippen molar-refractivity contribution in [3.05, 3.63) is 30.1 Å². The van der Waals surface area contributed by atoms with E-state index in [4.69, 9.17) is 0 Å². The predicted molar refractivity (Wildman–Crippen MR) is 174 cm³/mol. The number of unbranched alkanes of at least 4 members (excludes halogenated alkanes) is 20. The number of rotatable bonds is 25.